The van der Waals surface area contributed by atoms with Gasteiger partial charge in [0.1, 0.15) is 5.75 Å². The zero-order valence-electron chi connectivity index (χ0n) is 17.0. The van der Waals surface area contributed by atoms with Crippen LogP contribution in [0.2, 0.25) is 0 Å². The molecular formula is C22H27BrN2O3. The molecule has 1 unspecified atom stereocenters. The van der Waals surface area contributed by atoms with Crippen molar-refractivity contribution in [3.8, 4) is 5.75 Å². The molecule has 1 atom stereocenters. The average molecular weight is 447 g/mol. The van der Waals surface area contributed by atoms with E-state index in [9.17, 15) is 9.59 Å². The lowest BCUT2D eigenvalue weighted by Crippen LogP contribution is -2.36. The minimum absolute atomic E-state index is 0.0301. The van der Waals surface area contributed by atoms with Crippen LogP contribution < -0.4 is 15.0 Å². The lowest BCUT2D eigenvalue weighted by Gasteiger charge is -2.26. The van der Waals surface area contributed by atoms with E-state index in [4.69, 9.17) is 4.74 Å². The van der Waals surface area contributed by atoms with E-state index in [1.807, 2.05) is 52.0 Å². The molecule has 0 saturated heterocycles. The maximum Gasteiger partial charge on any atom is 0.258 e. The minimum Gasteiger partial charge on any atom is -0.484 e. The van der Waals surface area contributed by atoms with Crippen molar-refractivity contribution in [2.24, 2.45) is 5.41 Å². The van der Waals surface area contributed by atoms with E-state index in [-0.39, 0.29) is 24.5 Å². The quantitative estimate of drug-likeness (QED) is 0.698. The summed E-state index contributed by atoms with van der Waals surface area (Å²) in [6, 6.07) is 14.8. The standard InChI is InChI=1S/C22H27BrN2O3/c1-15(16-6-8-17(23)9-7-16)24-20(26)14-28-19-12-10-18(11-13-19)25(5)21(27)22(2,3)4/h6-13,15H,14H2,1-5H3,(H,24,26). The Morgan fingerprint density at radius 1 is 1.07 bits per heavy atom. The van der Waals surface area contributed by atoms with Crippen molar-refractivity contribution in [1.82, 2.24) is 5.32 Å². The highest BCUT2D eigenvalue weighted by atomic mass is 79.9. The molecule has 0 spiro atoms. The monoisotopic (exact) mass is 446 g/mol. The fraction of sp³-hybridized carbons (Fsp3) is 0.364. The molecule has 0 aliphatic carbocycles. The molecule has 150 valence electrons. The lowest BCUT2D eigenvalue weighted by atomic mass is 9.95. The highest BCUT2D eigenvalue weighted by Crippen LogP contribution is 2.24. The lowest BCUT2D eigenvalue weighted by molar-refractivity contribution is -0.125. The molecule has 0 radical (unpaired) electrons. The summed E-state index contributed by atoms with van der Waals surface area (Å²) in [6.45, 7) is 7.51. The Morgan fingerprint density at radius 3 is 2.18 bits per heavy atom. The van der Waals surface area contributed by atoms with Gasteiger partial charge in [-0.3, -0.25) is 9.59 Å². The van der Waals surface area contributed by atoms with Gasteiger partial charge in [0.25, 0.3) is 5.91 Å². The van der Waals surface area contributed by atoms with Gasteiger partial charge in [-0.25, -0.2) is 0 Å². The van der Waals surface area contributed by atoms with Crippen molar-refractivity contribution in [2.45, 2.75) is 33.7 Å². The van der Waals surface area contributed by atoms with Gasteiger partial charge in [0.15, 0.2) is 6.61 Å². The molecule has 0 heterocycles. The second-order valence-electron chi connectivity index (χ2n) is 7.74. The number of ether oxygens (including phenoxy) is 1. The summed E-state index contributed by atoms with van der Waals surface area (Å²) in [4.78, 5) is 26.1. The Morgan fingerprint density at radius 2 is 1.64 bits per heavy atom. The van der Waals surface area contributed by atoms with E-state index in [0.29, 0.717) is 5.75 Å². The van der Waals surface area contributed by atoms with E-state index in [2.05, 4.69) is 21.2 Å². The molecular weight excluding hydrogens is 420 g/mol. The van der Waals surface area contributed by atoms with Crippen LogP contribution in [-0.4, -0.2) is 25.5 Å². The van der Waals surface area contributed by atoms with Crippen LogP contribution in [0.15, 0.2) is 53.0 Å². The van der Waals surface area contributed by atoms with Crippen LogP contribution in [0.5, 0.6) is 5.75 Å². The number of hydrogen-bond donors (Lipinski definition) is 1. The molecule has 2 rings (SSSR count). The Hall–Kier alpha value is -2.34. The summed E-state index contributed by atoms with van der Waals surface area (Å²) < 4.78 is 6.56. The Bertz CT molecular complexity index is 811. The van der Waals surface area contributed by atoms with Gasteiger partial charge in [-0.15, -0.1) is 0 Å². The van der Waals surface area contributed by atoms with E-state index in [0.717, 1.165) is 15.7 Å². The highest BCUT2D eigenvalue weighted by Gasteiger charge is 2.25. The summed E-state index contributed by atoms with van der Waals surface area (Å²) in [5.41, 5.74) is 1.35. The first-order chi connectivity index (χ1) is 13.1. The summed E-state index contributed by atoms with van der Waals surface area (Å²) in [7, 11) is 1.75. The van der Waals surface area contributed by atoms with Crippen molar-refractivity contribution in [1.29, 1.82) is 0 Å². The molecule has 2 aromatic rings. The van der Waals surface area contributed by atoms with Gasteiger partial charge in [0, 0.05) is 22.6 Å². The number of hydrogen-bond acceptors (Lipinski definition) is 3. The summed E-state index contributed by atoms with van der Waals surface area (Å²) in [6.07, 6.45) is 0. The van der Waals surface area contributed by atoms with Crippen molar-refractivity contribution < 1.29 is 14.3 Å². The number of benzene rings is 2. The van der Waals surface area contributed by atoms with Crippen molar-refractivity contribution in [2.75, 3.05) is 18.6 Å². The van der Waals surface area contributed by atoms with Gasteiger partial charge >= 0.3 is 0 Å². The van der Waals surface area contributed by atoms with Gasteiger partial charge in [-0.05, 0) is 48.9 Å². The van der Waals surface area contributed by atoms with Gasteiger partial charge < -0.3 is 15.0 Å². The normalized spacial score (nSPS) is 12.2. The number of anilines is 1. The molecule has 2 amide bonds. The fourth-order valence-electron chi connectivity index (χ4n) is 2.65. The molecule has 5 nitrogen and oxygen atoms in total. The molecule has 28 heavy (non-hydrogen) atoms. The molecule has 0 saturated carbocycles. The number of halogens is 1. The largest absolute Gasteiger partial charge is 0.484 e. The number of amides is 2. The van der Waals surface area contributed by atoms with Crippen LogP contribution in [0.25, 0.3) is 0 Å². The second kappa shape index (κ2) is 9.24. The Kier molecular flexibility index (Phi) is 7.24. The van der Waals surface area contributed by atoms with E-state index in [1.54, 1.807) is 36.2 Å². The second-order valence-corrected chi connectivity index (χ2v) is 8.65. The van der Waals surface area contributed by atoms with E-state index >= 15 is 0 Å². The molecule has 0 bridgehead atoms. The third-order valence-electron chi connectivity index (χ3n) is 4.29. The predicted octanol–water partition coefficient (Wildman–Crippen LogP) is 4.71. The van der Waals surface area contributed by atoms with Crippen LogP contribution >= 0.6 is 15.9 Å². The van der Waals surface area contributed by atoms with Crippen LogP contribution in [0, 0.1) is 5.41 Å². The van der Waals surface area contributed by atoms with Crippen LogP contribution in [0.1, 0.15) is 39.3 Å². The average Bonchev–Trinajstić information content (AvgIpc) is 2.65. The number of rotatable bonds is 6. The molecule has 2 aromatic carbocycles. The first-order valence-corrected chi connectivity index (χ1v) is 9.93. The third kappa shape index (κ3) is 6.09. The number of carbonyl (C=O) groups is 2. The van der Waals surface area contributed by atoms with E-state index < -0.39 is 5.41 Å². The summed E-state index contributed by atoms with van der Waals surface area (Å²) in [5, 5.41) is 2.91. The Labute approximate surface area is 175 Å². The first kappa shape index (κ1) is 22.0. The smallest absolute Gasteiger partial charge is 0.258 e. The van der Waals surface area contributed by atoms with Crippen molar-refractivity contribution in [3.63, 3.8) is 0 Å². The number of nitrogens with one attached hydrogen (secondary N) is 1. The topological polar surface area (TPSA) is 58.6 Å². The fourth-order valence-corrected chi connectivity index (χ4v) is 2.92. The van der Waals surface area contributed by atoms with Crippen LogP contribution in [-0.2, 0) is 9.59 Å². The molecule has 1 N–H and O–H groups in total. The third-order valence-corrected chi connectivity index (χ3v) is 4.82. The van der Waals surface area contributed by atoms with Crippen molar-refractivity contribution in [3.05, 3.63) is 58.6 Å². The van der Waals surface area contributed by atoms with Gasteiger partial charge in [-0.1, -0.05) is 48.8 Å². The molecule has 0 aromatic heterocycles. The predicted molar refractivity (Wildman–Crippen MR) is 116 cm³/mol. The van der Waals surface area contributed by atoms with Gasteiger partial charge in [-0.2, -0.15) is 0 Å². The number of nitrogens with zero attached hydrogens (tertiary/aromatic N) is 1. The van der Waals surface area contributed by atoms with Gasteiger partial charge in [0.2, 0.25) is 5.91 Å². The van der Waals surface area contributed by atoms with E-state index in [1.165, 1.54) is 0 Å². The summed E-state index contributed by atoms with van der Waals surface area (Å²) in [5.74, 6) is 0.411. The molecule has 0 aliphatic heterocycles. The van der Waals surface area contributed by atoms with Crippen LogP contribution in [0.4, 0.5) is 5.69 Å². The highest BCUT2D eigenvalue weighted by molar-refractivity contribution is 9.10. The van der Waals surface area contributed by atoms with Gasteiger partial charge in [0.05, 0.1) is 6.04 Å². The van der Waals surface area contributed by atoms with Crippen LogP contribution in [0.3, 0.4) is 0 Å². The SMILES string of the molecule is CC(NC(=O)COc1ccc(N(C)C(=O)C(C)(C)C)cc1)c1ccc(Br)cc1. The zero-order chi connectivity index (χ0) is 20.9. The number of carbonyl (C=O) groups excluding carboxylic acids is 2. The maximum absolute atomic E-state index is 12.3. The molecule has 0 fully saturated rings. The molecule has 0 aliphatic rings. The summed E-state index contributed by atoms with van der Waals surface area (Å²) >= 11 is 3.40. The Balaban J connectivity index is 1.88. The minimum atomic E-state index is -0.451. The maximum atomic E-state index is 12.3. The van der Waals surface area contributed by atoms with Crippen molar-refractivity contribution >= 4 is 33.4 Å². The molecule has 6 heteroatoms. The first-order valence-electron chi connectivity index (χ1n) is 9.14. The zero-order valence-corrected chi connectivity index (χ0v) is 18.5.